The molecule has 0 saturated heterocycles. The van der Waals surface area contributed by atoms with Crippen LogP contribution in [-0.2, 0) is 0 Å². The minimum atomic E-state index is -0.352. The topological polar surface area (TPSA) is 20.2 Å². The fraction of sp³-hybridized carbons (Fsp3) is 0.333. The number of rotatable bonds is 1. The van der Waals surface area contributed by atoms with Crippen molar-refractivity contribution in [1.29, 1.82) is 0 Å². The Hall–Kier alpha value is -0.235. The lowest BCUT2D eigenvalue weighted by atomic mass is 9.73. The Morgan fingerprint density at radius 1 is 2.00 bits per heavy atom. The Kier molecular flexibility index (Phi) is 1.94. The summed E-state index contributed by atoms with van der Waals surface area (Å²) >= 11 is 0. The summed E-state index contributed by atoms with van der Waals surface area (Å²) in [4.78, 5) is 0. The quantitative estimate of drug-likeness (QED) is 0.440. The lowest BCUT2D eigenvalue weighted by Crippen LogP contribution is -1.97. The van der Waals surface area contributed by atoms with Crippen molar-refractivity contribution in [2.24, 2.45) is 0 Å². The normalized spacial score (nSPS) is 6.80. The Balaban J connectivity index is 2.83. The highest BCUT2D eigenvalue weighted by atomic mass is 16.2. The molecule has 0 spiro atoms. The van der Waals surface area contributed by atoms with Crippen LogP contribution in [0.25, 0.3) is 0 Å². The molecule has 0 rings (SSSR count). The van der Waals surface area contributed by atoms with Crippen LogP contribution in [0.3, 0.4) is 0 Å². The van der Waals surface area contributed by atoms with Gasteiger partial charge in [-0.3, -0.25) is 0 Å². The van der Waals surface area contributed by atoms with Gasteiger partial charge in [0.25, 0.3) is 0 Å². The van der Waals surface area contributed by atoms with E-state index >= 15 is 0 Å². The highest BCUT2D eigenvalue weighted by Gasteiger charge is 1.86. The predicted octanol–water partition coefficient (Wildman–Crippen LogP) is 0.325. The number of hydrogen-bond acceptors (Lipinski definition) is 1. The molecule has 2 heteroatoms. The first-order chi connectivity index (χ1) is 2.27. The van der Waals surface area contributed by atoms with Gasteiger partial charge in [-0.05, 0) is 0 Å². The third-order valence-corrected chi connectivity index (χ3v) is 0.341. The Labute approximate surface area is 32.4 Å². The molecule has 0 unspecified atom stereocenters. The van der Waals surface area contributed by atoms with Crippen molar-refractivity contribution in [2.45, 2.75) is 6.82 Å². The maximum atomic E-state index is 8.24. The summed E-state index contributed by atoms with van der Waals surface area (Å²) in [7, 11) is 0. The first-order valence-electron chi connectivity index (χ1n) is 1.58. The molecule has 0 aromatic rings. The van der Waals surface area contributed by atoms with E-state index in [4.69, 9.17) is 5.02 Å². The van der Waals surface area contributed by atoms with Crippen molar-refractivity contribution < 1.29 is 5.02 Å². The van der Waals surface area contributed by atoms with Crippen molar-refractivity contribution >= 4 is 6.92 Å². The van der Waals surface area contributed by atoms with Gasteiger partial charge in [0.2, 0.25) is 0 Å². The minimum absolute atomic E-state index is 0.352. The summed E-state index contributed by atoms with van der Waals surface area (Å²) in [5.41, 5.74) is 0. The van der Waals surface area contributed by atoms with Gasteiger partial charge in [-0.2, -0.15) is 0 Å². The molecule has 0 atom stereocenters. The molecule has 0 amide bonds. The van der Waals surface area contributed by atoms with E-state index in [0.29, 0.717) is 0 Å². The van der Waals surface area contributed by atoms with Crippen molar-refractivity contribution in [3.63, 3.8) is 0 Å². The summed E-state index contributed by atoms with van der Waals surface area (Å²) in [5.74, 6) is 1.47. The SMILES string of the molecule is C=CB(C)O. The first kappa shape index (κ1) is 4.76. The van der Waals surface area contributed by atoms with E-state index in [1.807, 2.05) is 0 Å². The first-order valence-corrected chi connectivity index (χ1v) is 1.58. The van der Waals surface area contributed by atoms with Crippen molar-refractivity contribution in [1.82, 2.24) is 0 Å². The standard InChI is InChI=1S/C3H7BO/c1-3-4(2)5/h3,5H,1H2,2H3. The van der Waals surface area contributed by atoms with Gasteiger partial charge in [0.1, 0.15) is 0 Å². The zero-order chi connectivity index (χ0) is 4.28. The van der Waals surface area contributed by atoms with Gasteiger partial charge in [-0.1, -0.05) is 12.8 Å². The van der Waals surface area contributed by atoms with Crippen LogP contribution in [0.1, 0.15) is 0 Å². The Bertz CT molecular complexity index is 33.9. The second kappa shape index (κ2) is 2.03. The lowest BCUT2D eigenvalue weighted by molar-refractivity contribution is 0.593. The van der Waals surface area contributed by atoms with E-state index < -0.39 is 0 Å². The van der Waals surface area contributed by atoms with Crippen molar-refractivity contribution in [2.75, 3.05) is 0 Å². The van der Waals surface area contributed by atoms with Gasteiger partial charge in [-0.25, -0.2) is 0 Å². The highest BCUT2D eigenvalue weighted by Crippen LogP contribution is 1.67. The smallest absolute Gasteiger partial charge is 0.312 e. The van der Waals surface area contributed by atoms with Crippen LogP contribution >= 0.6 is 0 Å². The molecule has 0 heterocycles. The zero-order valence-corrected chi connectivity index (χ0v) is 3.31. The van der Waals surface area contributed by atoms with E-state index in [-0.39, 0.29) is 6.92 Å². The molecule has 5 heavy (non-hydrogen) atoms. The van der Waals surface area contributed by atoms with E-state index in [9.17, 15) is 0 Å². The van der Waals surface area contributed by atoms with Gasteiger partial charge in [0.15, 0.2) is 0 Å². The zero-order valence-electron chi connectivity index (χ0n) is 3.31. The van der Waals surface area contributed by atoms with E-state index in [1.165, 1.54) is 5.98 Å². The molecule has 0 aliphatic carbocycles. The molecular weight excluding hydrogens is 62.8 g/mol. The average molecular weight is 69.9 g/mol. The third-order valence-electron chi connectivity index (χ3n) is 0.341. The summed E-state index contributed by atoms with van der Waals surface area (Å²) in [6, 6.07) is 0. The van der Waals surface area contributed by atoms with Gasteiger partial charge in [0.05, 0.1) is 0 Å². The largest absolute Gasteiger partial charge is 0.447 e. The third kappa shape index (κ3) is 3.76. The molecule has 1 nitrogen and oxygen atoms in total. The van der Waals surface area contributed by atoms with Crippen LogP contribution in [0.15, 0.2) is 12.6 Å². The number of hydrogen-bond donors (Lipinski definition) is 1. The van der Waals surface area contributed by atoms with Crippen LogP contribution in [0.5, 0.6) is 0 Å². The van der Waals surface area contributed by atoms with Crippen LogP contribution in [0.4, 0.5) is 0 Å². The van der Waals surface area contributed by atoms with E-state index in [2.05, 4.69) is 6.58 Å². The molecule has 0 aromatic heterocycles. The summed E-state index contributed by atoms with van der Waals surface area (Å²) in [6.45, 7) is 4.62. The molecular formula is C3H7BO. The highest BCUT2D eigenvalue weighted by molar-refractivity contribution is 6.54. The Morgan fingerprint density at radius 2 is 2.20 bits per heavy atom. The second-order valence-electron chi connectivity index (χ2n) is 0.976. The van der Waals surface area contributed by atoms with Gasteiger partial charge >= 0.3 is 6.92 Å². The van der Waals surface area contributed by atoms with Crippen LogP contribution in [-0.4, -0.2) is 11.9 Å². The van der Waals surface area contributed by atoms with Gasteiger partial charge in [-0.15, -0.1) is 6.58 Å². The molecule has 1 N–H and O–H groups in total. The van der Waals surface area contributed by atoms with Crippen molar-refractivity contribution in [3.8, 4) is 0 Å². The van der Waals surface area contributed by atoms with Crippen molar-refractivity contribution in [3.05, 3.63) is 12.6 Å². The van der Waals surface area contributed by atoms with Gasteiger partial charge in [0, 0.05) is 0 Å². The molecule has 28 valence electrons. The maximum Gasteiger partial charge on any atom is 0.312 e. The lowest BCUT2D eigenvalue weighted by Gasteiger charge is -1.76. The average Bonchev–Trinajstić information content (AvgIpc) is 1.38. The fourth-order valence-corrected chi connectivity index (χ4v) is 0. The second-order valence-corrected chi connectivity index (χ2v) is 0.976. The van der Waals surface area contributed by atoms with Crippen LogP contribution < -0.4 is 0 Å². The van der Waals surface area contributed by atoms with E-state index in [0.717, 1.165) is 0 Å². The summed E-state index contributed by atoms with van der Waals surface area (Å²) in [5, 5.41) is 8.24. The van der Waals surface area contributed by atoms with Crippen LogP contribution in [0.2, 0.25) is 6.82 Å². The molecule has 0 radical (unpaired) electrons. The molecule has 0 aromatic carbocycles. The molecule has 0 aliphatic heterocycles. The van der Waals surface area contributed by atoms with Gasteiger partial charge < -0.3 is 5.02 Å². The molecule has 0 fully saturated rings. The fourth-order valence-electron chi connectivity index (χ4n) is 0. The minimum Gasteiger partial charge on any atom is -0.447 e. The molecule has 0 bridgehead atoms. The maximum absolute atomic E-state index is 8.24. The monoisotopic (exact) mass is 70.1 g/mol. The molecule has 0 saturated carbocycles. The predicted molar refractivity (Wildman–Crippen MR) is 24.0 cm³/mol. The van der Waals surface area contributed by atoms with E-state index in [1.54, 1.807) is 6.82 Å². The summed E-state index contributed by atoms with van der Waals surface area (Å²) < 4.78 is 0. The summed E-state index contributed by atoms with van der Waals surface area (Å²) in [6.07, 6.45) is 0. The van der Waals surface area contributed by atoms with Crippen LogP contribution in [0, 0.1) is 0 Å². The molecule has 0 aliphatic rings. The Morgan fingerprint density at radius 3 is 2.20 bits per heavy atom.